The highest BCUT2D eigenvalue weighted by Gasteiger charge is 2.21. The quantitative estimate of drug-likeness (QED) is 0.293. The molecule has 1 aromatic rings. The monoisotopic (exact) mass is 249 g/mol. The summed E-state index contributed by atoms with van der Waals surface area (Å²) in [5.41, 5.74) is 3.86. The first kappa shape index (κ1) is 12.3. The Morgan fingerprint density at radius 3 is 2.38 bits per heavy atom. The van der Waals surface area contributed by atoms with Gasteiger partial charge in [0, 0.05) is 12.1 Å². The molecule has 0 aromatic heterocycles. The van der Waals surface area contributed by atoms with Crippen LogP contribution in [0.3, 0.4) is 0 Å². The van der Waals surface area contributed by atoms with Gasteiger partial charge >= 0.3 is 5.69 Å². The number of halogens is 3. The molecule has 0 spiro atoms. The maximum atomic E-state index is 13.1. The van der Waals surface area contributed by atoms with Crippen molar-refractivity contribution in [2.45, 2.75) is 0 Å². The van der Waals surface area contributed by atoms with Crippen LogP contribution in [0.25, 0.3) is 0 Å². The molecule has 1 rings (SSSR count). The van der Waals surface area contributed by atoms with Gasteiger partial charge in [0.1, 0.15) is 5.84 Å². The summed E-state index contributed by atoms with van der Waals surface area (Å²) in [6, 6.07) is 1.42. The summed E-state index contributed by atoms with van der Waals surface area (Å²) >= 11 is 5.31. The van der Waals surface area contributed by atoms with Crippen LogP contribution in [0.4, 0.5) is 20.2 Å². The van der Waals surface area contributed by atoms with Crippen molar-refractivity contribution in [1.29, 1.82) is 0 Å². The largest absolute Gasteiger partial charge is 0.386 e. The van der Waals surface area contributed by atoms with Crippen molar-refractivity contribution in [3.63, 3.8) is 0 Å². The van der Waals surface area contributed by atoms with Crippen LogP contribution < -0.4 is 5.73 Å². The number of nitrogens with two attached hydrogens (primary N) is 1. The molecule has 0 radical (unpaired) electrons. The van der Waals surface area contributed by atoms with Crippen molar-refractivity contribution in [2.75, 3.05) is 5.88 Å². The fourth-order valence-corrected chi connectivity index (χ4v) is 1.05. The van der Waals surface area contributed by atoms with Gasteiger partial charge in [0.05, 0.1) is 16.5 Å². The van der Waals surface area contributed by atoms with Crippen molar-refractivity contribution in [3.05, 3.63) is 33.9 Å². The first-order valence-electron chi connectivity index (χ1n) is 3.98. The summed E-state index contributed by atoms with van der Waals surface area (Å²) in [6.07, 6.45) is 0. The number of nitrogens with zero attached hydrogens (tertiary/aromatic N) is 2. The van der Waals surface area contributed by atoms with E-state index < -0.39 is 22.2 Å². The Bertz CT molecular complexity index is 442. The molecule has 0 saturated carbocycles. The number of hydrogen-bond acceptors (Lipinski definition) is 3. The molecule has 86 valence electrons. The summed E-state index contributed by atoms with van der Waals surface area (Å²) in [6.45, 7) is 0. The zero-order chi connectivity index (χ0) is 12.3. The Kier molecular flexibility index (Phi) is 3.73. The van der Waals surface area contributed by atoms with E-state index in [9.17, 15) is 18.9 Å². The van der Waals surface area contributed by atoms with E-state index in [-0.39, 0.29) is 17.4 Å². The van der Waals surface area contributed by atoms with Crippen LogP contribution in [0.2, 0.25) is 0 Å². The van der Waals surface area contributed by atoms with Gasteiger partial charge in [-0.15, -0.1) is 11.6 Å². The van der Waals surface area contributed by atoms with Gasteiger partial charge in [0.25, 0.3) is 0 Å². The molecule has 0 heterocycles. The van der Waals surface area contributed by atoms with Crippen LogP contribution in [0.15, 0.2) is 17.1 Å². The van der Waals surface area contributed by atoms with E-state index in [1.54, 1.807) is 0 Å². The van der Waals surface area contributed by atoms with Crippen molar-refractivity contribution >= 4 is 28.8 Å². The molecule has 0 saturated heterocycles. The lowest BCUT2D eigenvalue weighted by Crippen LogP contribution is -2.12. The van der Waals surface area contributed by atoms with Crippen LogP contribution in [-0.2, 0) is 0 Å². The standard InChI is InChI=1S/C8H6ClF2N3O2/c9-3-7(12)13-4-1-5(10)8(14(15)16)6(11)2-4/h1-2H,3H2,(H2,12,13). The zero-order valence-electron chi connectivity index (χ0n) is 7.78. The van der Waals surface area contributed by atoms with E-state index in [1.807, 2.05) is 0 Å². The highest BCUT2D eigenvalue weighted by atomic mass is 35.5. The van der Waals surface area contributed by atoms with Gasteiger partial charge in [-0.1, -0.05) is 0 Å². The molecule has 2 N–H and O–H groups in total. The van der Waals surface area contributed by atoms with Gasteiger partial charge in [-0.05, 0) is 0 Å². The van der Waals surface area contributed by atoms with E-state index in [4.69, 9.17) is 17.3 Å². The number of nitro groups is 1. The predicted octanol–water partition coefficient (Wildman–Crippen LogP) is 2.10. The highest BCUT2D eigenvalue weighted by molar-refractivity contribution is 6.28. The van der Waals surface area contributed by atoms with Gasteiger partial charge in [-0.3, -0.25) is 10.1 Å². The number of benzene rings is 1. The molecular formula is C8H6ClF2N3O2. The second kappa shape index (κ2) is 4.84. The molecule has 16 heavy (non-hydrogen) atoms. The Balaban J connectivity index is 3.25. The molecule has 0 aliphatic rings. The van der Waals surface area contributed by atoms with Crippen molar-refractivity contribution < 1.29 is 13.7 Å². The van der Waals surface area contributed by atoms with Gasteiger partial charge in [0.15, 0.2) is 0 Å². The lowest BCUT2D eigenvalue weighted by Gasteiger charge is -1.99. The Hall–Kier alpha value is -1.76. The van der Waals surface area contributed by atoms with Crippen molar-refractivity contribution in [1.82, 2.24) is 0 Å². The minimum atomic E-state index is -1.31. The number of hydrogen-bond donors (Lipinski definition) is 1. The minimum Gasteiger partial charge on any atom is -0.386 e. The van der Waals surface area contributed by atoms with Gasteiger partial charge in [0.2, 0.25) is 11.6 Å². The number of amidine groups is 1. The van der Waals surface area contributed by atoms with Gasteiger partial charge < -0.3 is 5.73 Å². The molecule has 0 atom stereocenters. The third-order valence-electron chi connectivity index (χ3n) is 1.59. The van der Waals surface area contributed by atoms with E-state index in [2.05, 4.69) is 4.99 Å². The SMILES string of the molecule is NC(CCl)=Nc1cc(F)c([N+](=O)[O-])c(F)c1. The minimum absolute atomic E-state index is 0.0469. The normalized spacial score (nSPS) is 11.6. The topological polar surface area (TPSA) is 81.5 Å². The fraction of sp³-hybridized carbons (Fsp3) is 0.125. The van der Waals surface area contributed by atoms with E-state index >= 15 is 0 Å². The third kappa shape index (κ3) is 2.63. The molecule has 5 nitrogen and oxygen atoms in total. The van der Waals surface area contributed by atoms with E-state index in [0.717, 1.165) is 0 Å². The van der Waals surface area contributed by atoms with Gasteiger partial charge in [-0.2, -0.15) is 8.78 Å². The fourth-order valence-electron chi connectivity index (χ4n) is 0.987. The van der Waals surface area contributed by atoms with Crippen LogP contribution in [-0.4, -0.2) is 16.6 Å². The van der Waals surface area contributed by atoms with E-state index in [1.165, 1.54) is 0 Å². The van der Waals surface area contributed by atoms with Crippen LogP contribution in [0.1, 0.15) is 0 Å². The van der Waals surface area contributed by atoms with Crippen LogP contribution in [0, 0.1) is 21.7 Å². The number of aliphatic imine (C=N–C) groups is 1. The van der Waals surface area contributed by atoms with E-state index in [0.29, 0.717) is 12.1 Å². The average molecular weight is 250 g/mol. The average Bonchev–Trinajstić information content (AvgIpc) is 2.15. The Labute approximate surface area is 93.7 Å². The second-order valence-corrected chi connectivity index (χ2v) is 3.02. The summed E-state index contributed by atoms with van der Waals surface area (Å²) < 4.78 is 26.2. The lowest BCUT2D eigenvalue weighted by molar-refractivity contribution is -0.390. The van der Waals surface area contributed by atoms with Crippen LogP contribution in [0.5, 0.6) is 0 Å². The molecular weight excluding hydrogens is 244 g/mol. The van der Waals surface area contributed by atoms with Crippen LogP contribution >= 0.6 is 11.6 Å². The summed E-state index contributed by atoms with van der Waals surface area (Å²) in [5, 5.41) is 10.3. The smallest absolute Gasteiger partial charge is 0.340 e. The zero-order valence-corrected chi connectivity index (χ0v) is 8.54. The highest BCUT2D eigenvalue weighted by Crippen LogP contribution is 2.26. The first-order valence-corrected chi connectivity index (χ1v) is 4.51. The third-order valence-corrected chi connectivity index (χ3v) is 1.87. The Morgan fingerprint density at radius 2 is 2.00 bits per heavy atom. The molecule has 0 aliphatic heterocycles. The molecule has 0 aliphatic carbocycles. The molecule has 0 amide bonds. The maximum Gasteiger partial charge on any atom is 0.340 e. The van der Waals surface area contributed by atoms with Gasteiger partial charge in [-0.25, -0.2) is 4.99 Å². The number of nitro benzene ring substituents is 1. The second-order valence-electron chi connectivity index (χ2n) is 2.75. The Morgan fingerprint density at radius 1 is 1.50 bits per heavy atom. The molecule has 0 unspecified atom stereocenters. The lowest BCUT2D eigenvalue weighted by atomic mass is 10.2. The predicted molar refractivity (Wildman–Crippen MR) is 55.0 cm³/mol. The molecule has 0 fully saturated rings. The summed E-state index contributed by atoms with van der Waals surface area (Å²) in [7, 11) is 0. The van der Waals surface area contributed by atoms with Crippen molar-refractivity contribution in [2.24, 2.45) is 10.7 Å². The molecule has 8 heteroatoms. The number of rotatable bonds is 3. The summed E-state index contributed by atoms with van der Waals surface area (Å²) in [4.78, 5) is 12.7. The maximum absolute atomic E-state index is 13.1. The molecule has 0 bridgehead atoms. The summed E-state index contributed by atoms with van der Waals surface area (Å²) in [5.74, 6) is -2.79. The number of alkyl halides is 1. The molecule has 1 aromatic carbocycles. The van der Waals surface area contributed by atoms with Crippen molar-refractivity contribution in [3.8, 4) is 0 Å². The first-order chi connectivity index (χ1) is 7.45.